The number of phenols is 2. The van der Waals surface area contributed by atoms with Gasteiger partial charge < -0.3 is 10.2 Å². The molecule has 0 aromatic heterocycles. The highest BCUT2D eigenvalue weighted by Gasteiger charge is 2.17. The number of aromatic hydroxyl groups is 2. The summed E-state index contributed by atoms with van der Waals surface area (Å²) in [5.41, 5.74) is 0.777. The maximum atomic E-state index is 10.1. The van der Waals surface area contributed by atoms with Crippen molar-refractivity contribution in [2.45, 2.75) is 6.16 Å². The predicted octanol–water partition coefficient (Wildman–Crippen LogP) is 3.73. The van der Waals surface area contributed by atoms with E-state index in [0.29, 0.717) is 6.16 Å². The summed E-state index contributed by atoms with van der Waals surface area (Å²) in [6, 6.07) is 25.8. The molecule has 3 heteroatoms. The first-order valence-electron chi connectivity index (χ1n) is 7.13. The van der Waals surface area contributed by atoms with Gasteiger partial charge in [-0.1, -0.05) is 72.8 Å². The van der Waals surface area contributed by atoms with Crippen LogP contribution < -0.4 is 10.6 Å². The standard InChI is InChI=1S/C19H17O2P/c20-18-13-7-8-15(19(18)21)14-22(16-9-3-1-4-10-16)17-11-5-2-6-12-17/h1-13,20-21H,14H2. The highest BCUT2D eigenvalue weighted by Crippen LogP contribution is 2.41. The average Bonchev–Trinajstić information content (AvgIpc) is 2.58. The summed E-state index contributed by atoms with van der Waals surface area (Å²) < 4.78 is 0. The van der Waals surface area contributed by atoms with Crippen LogP contribution in [0.5, 0.6) is 11.5 Å². The van der Waals surface area contributed by atoms with E-state index in [9.17, 15) is 10.2 Å². The van der Waals surface area contributed by atoms with Crippen LogP contribution >= 0.6 is 7.92 Å². The second kappa shape index (κ2) is 6.64. The average molecular weight is 308 g/mol. The quantitative estimate of drug-likeness (QED) is 0.569. The molecule has 3 rings (SSSR count). The van der Waals surface area contributed by atoms with Crippen molar-refractivity contribution in [3.8, 4) is 11.5 Å². The smallest absolute Gasteiger partial charge is 0.161 e. The van der Waals surface area contributed by atoms with Crippen molar-refractivity contribution in [1.29, 1.82) is 0 Å². The molecule has 0 aliphatic rings. The van der Waals surface area contributed by atoms with Gasteiger partial charge in [0.05, 0.1) is 0 Å². The molecule has 0 saturated heterocycles. The van der Waals surface area contributed by atoms with E-state index in [1.165, 1.54) is 16.7 Å². The summed E-state index contributed by atoms with van der Waals surface area (Å²) in [6.07, 6.45) is 0.698. The fraction of sp³-hybridized carbons (Fsp3) is 0.0526. The molecule has 0 bridgehead atoms. The predicted molar refractivity (Wildman–Crippen MR) is 92.5 cm³/mol. The molecule has 22 heavy (non-hydrogen) atoms. The Morgan fingerprint density at radius 1 is 0.636 bits per heavy atom. The number of para-hydroxylation sites is 1. The first-order valence-corrected chi connectivity index (χ1v) is 8.66. The van der Waals surface area contributed by atoms with E-state index in [1.54, 1.807) is 6.07 Å². The SMILES string of the molecule is Oc1cccc(CP(c2ccccc2)c2ccccc2)c1O. The maximum Gasteiger partial charge on any atom is 0.161 e. The summed E-state index contributed by atoms with van der Waals surface area (Å²) in [7, 11) is -0.627. The summed E-state index contributed by atoms with van der Waals surface area (Å²) in [5, 5.41) is 22.3. The summed E-state index contributed by atoms with van der Waals surface area (Å²) in [6.45, 7) is 0. The van der Waals surface area contributed by atoms with Crippen LogP contribution in [-0.2, 0) is 6.16 Å². The minimum Gasteiger partial charge on any atom is -0.504 e. The fourth-order valence-electron chi connectivity index (χ4n) is 2.42. The van der Waals surface area contributed by atoms with Crippen molar-refractivity contribution in [3.63, 3.8) is 0 Å². The van der Waals surface area contributed by atoms with Gasteiger partial charge in [0.2, 0.25) is 0 Å². The van der Waals surface area contributed by atoms with Crippen LogP contribution in [0.1, 0.15) is 5.56 Å². The Bertz CT molecular complexity index is 702. The number of hydrogen-bond acceptors (Lipinski definition) is 2. The van der Waals surface area contributed by atoms with Gasteiger partial charge in [-0.15, -0.1) is 0 Å². The topological polar surface area (TPSA) is 40.5 Å². The molecular weight excluding hydrogens is 291 g/mol. The number of phenolic OH excluding ortho intramolecular Hbond substituents is 2. The third kappa shape index (κ3) is 3.13. The zero-order valence-electron chi connectivity index (χ0n) is 12.1. The van der Waals surface area contributed by atoms with E-state index in [-0.39, 0.29) is 11.5 Å². The van der Waals surface area contributed by atoms with Crippen LogP contribution in [0.3, 0.4) is 0 Å². The molecular formula is C19H17O2P. The molecule has 0 radical (unpaired) electrons. The van der Waals surface area contributed by atoms with Crippen molar-refractivity contribution in [2.75, 3.05) is 0 Å². The van der Waals surface area contributed by atoms with Gasteiger partial charge in [0.1, 0.15) is 0 Å². The van der Waals surface area contributed by atoms with Gasteiger partial charge in [-0.2, -0.15) is 0 Å². The largest absolute Gasteiger partial charge is 0.504 e. The summed E-state index contributed by atoms with van der Waals surface area (Å²) in [5.74, 6) is -0.0737. The van der Waals surface area contributed by atoms with Gasteiger partial charge in [0.15, 0.2) is 11.5 Å². The molecule has 0 unspecified atom stereocenters. The Hall–Kier alpha value is -2.31. The van der Waals surface area contributed by atoms with Gasteiger partial charge >= 0.3 is 0 Å². The molecule has 0 aliphatic heterocycles. The Labute approximate surface area is 131 Å². The molecule has 2 nitrogen and oxygen atoms in total. The van der Waals surface area contributed by atoms with Crippen molar-refractivity contribution in [2.24, 2.45) is 0 Å². The van der Waals surface area contributed by atoms with Crippen molar-refractivity contribution in [3.05, 3.63) is 84.4 Å². The summed E-state index contributed by atoms with van der Waals surface area (Å²) in [4.78, 5) is 0. The van der Waals surface area contributed by atoms with E-state index in [0.717, 1.165) is 5.56 Å². The monoisotopic (exact) mass is 308 g/mol. The Morgan fingerprint density at radius 3 is 1.73 bits per heavy atom. The van der Waals surface area contributed by atoms with E-state index < -0.39 is 7.92 Å². The third-order valence-electron chi connectivity index (χ3n) is 3.56. The van der Waals surface area contributed by atoms with Gasteiger partial charge in [0.25, 0.3) is 0 Å². The van der Waals surface area contributed by atoms with Gasteiger partial charge in [-0.25, -0.2) is 0 Å². The third-order valence-corrected chi connectivity index (χ3v) is 6.06. The minimum atomic E-state index is -0.627. The molecule has 2 N–H and O–H groups in total. The van der Waals surface area contributed by atoms with Crippen molar-refractivity contribution < 1.29 is 10.2 Å². The van der Waals surface area contributed by atoms with Gasteiger partial charge in [-0.05, 0) is 24.6 Å². The first-order chi connectivity index (χ1) is 10.8. The van der Waals surface area contributed by atoms with Crippen LogP contribution in [0.25, 0.3) is 0 Å². The van der Waals surface area contributed by atoms with E-state index in [1.807, 2.05) is 42.5 Å². The van der Waals surface area contributed by atoms with Crippen LogP contribution in [0.2, 0.25) is 0 Å². The zero-order valence-corrected chi connectivity index (χ0v) is 12.9. The normalized spacial score (nSPS) is 10.8. The zero-order chi connectivity index (χ0) is 15.4. The highest BCUT2D eigenvalue weighted by molar-refractivity contribution is 7.72. The number of hydrogen-bond donors (Lipinski definition) is 2. The van der Waals surface area contributed by atoms with Crippen LogP contribution in [0.15, 0.2) is 78.9 Å². The molecule has 110 valence electrons. The lowest BCUT2D eigenvalue weighted by molar-refractivity contribution is 0.401. The van der Waals surface area contributed by atoms with E-state index in [4.69, 9.17) is 0 Å². The van der Waals surface area contributed by atoms with Crippen LogP contribution in [0, 0.1) is 0 Å². The molecule has 0 aliphatic carbocycles. The minimum absolute atomic E-state index is 0.0122. The van der Waals surface area contributed by atoms with Crippen molar-refractivity contribution in [1.82, 2.24) is 0 Å². The number of benzene rings is 3. The maximum absolute atomic E-state index is 10.1. The lowest BCUT2D eigenvalue weighted by Gasteiger charge is -2.19. The molecule has 0 spiro atoms. The van der Waals surface area contributed by atoms with Crippen LogP contribution in [0.4, 0.5) is 0 Å². The Kier molecular flexibility index (Phi) is 4.41. The van der Waals surface area contributed by atoms with Gasteiger partial charge in [0, 0.05) is 11.7 Å². The highest BCUT2D eigenvalue weighted by atomic mass is 31.1. The lowest BCUT2D eigenvalue weighted by Crippen LogP contribution is -2.12. The number of rotatable bonds is 4. The second-order valence-corrected chi connectivity index (χ2v) is 7.25. The molecule has 0 atom stereocenters. The summed E-state index contributed by atoms with van der Waals surface area (Å²) >= 11 is 0. The first kappa shape index (κ1) is 14.6. The second-order valence-electron chi connectivity index (χ2n) is 5.04. The lowest BCUT2D eigenvalue weighted by atomic mass is 10.2. The molecule has 0 saturated carbocycles. The Balaban J connectivity index is 2.01. The van der Waals surface area contributed by atoms with Gasteiger partial charge in [-0.3, -0.25) is 0 Å². The van der Waals surface area contributed by atoms with E-state index >= 15 is 0 Å². The molecule has 0 amide bonds. The molecule has 3 aromatic rings. The Morgan fingerprint density at radius 2 is 1.18 bits per heavy atom. The molecule has 3 aromatic carbocycles. The van der Waals surface area contributed by atoms with Crippen LogP contribution in [-0.4, -0.2) is 10.2 Å². The van der Waals surface area contributed by atoms with Crippen molar-refractivity contribution >= 4 is 18.5 Å². The van der Waals surface area contributed by atoms with E-state index in [2.05, 4.69) is 24.3 Å². The molecule has 0 heterocycles. The fourth-order valence-corrected chi connectivity index (χ4v) is 4.75. The molecule has 0 fully saturated rings.